The van der Waals surface area contributed by atoms with Gasteiger partial charge in [-0.05, 0) is 24.3 Å². The van der Waals surface area contributed by atoms with Crippen LogP contribution in [-0.2, 0) is 0 Å². The van der Waals surface area contributed by atoms with Gasteiger partial charge in [-0.25, -0.2) is 4.79 Å². The number of methoxy groups -OCH3 is 1. The summed E-state index contributed by atoms with van der Waals surface area (Å²) in [4.78, 5) is 19.7. The molecule has 1 aliphatic carbocycles. The summed E-state index contributed by atoms with van der Waals surface area (Å²) in [7, 11) is 1.57. The van der Waals surface area contributed by atoms with Gasteiger partial charge >= 0.3 is 5.97 Å². The molecular weight excluding hydrogens is 232 g/mol. The highest BCUT2D eigenvalue weighted by Crippen LogP contribution is 2.44. The number of fused-ring (bicyclic) bond motifs is 1. The van der Waals surface area contributed by atoms with Crippen LogP contribution in [0.25, 0.3) is 11.0 Å². The van der Waals surface area contributed by atoms with Crippen molar-refractivity contribution in [1.82, 2.24) is 9.97 Å². The quantitative estimate of drug-likeness (QED) is 0.896. The van der Waals surface area contributed by atoms with Crippen molar-refractivity contribution in [1.29, 1.82) is 0 Å². The van der Waals surface area contributed by atoms with Crippen molar-refractivity contribution in [2.45, 2.75) is 18.8 Å². The van der Waals surface area contributed by atoms with Crippen molar-refractivity contribution < 1.29 is 14.6 Å². The SMILES string of the molecule is COc1cnc2c(C3CC3)c(C(=O)O)cnc2c1. The predicted molar refractivity (Wildman–Crippen MR) is 65.0 cm³/mol. The maximum absolute atomic E-state index is 11.2. The molecule has 92 valence electrons. The highest BCUT2D eigenvalue weighted by atomic mass is 16.5. The molecule has 0 aromatic carbocycles. The number of carboxylic acids is 1. The van der Waals surface area contributed by atoms with Crippen molar-refractivity contribution >= 4 is 17.0 Å². The van der Waals surface area contributed by atoms with E-state index in [-0.39, 0.29) is 5.56 Å². The second-order valence-electron chi connectivity index (χ2n) is 4.41. The first-order valence-electron chi connectivity index (χ1n) is 5.76. The van der Waals surface area contributed by atoms with Crippen LogP contribution in [0, 0.1) is 0 Å². The maximum atomic E-state index is 11.2. The third-order valence-corrected chi connectivity index (χ3v) is 3.17. The van der Waals surface area contributed by atoms with E-state index < -0.39 is 5.97 Å². The molecule has 2 aromatic rings. The topological polar surface area (TPSA) is 72.3 Å². The van der Waals surface area contributed by atoms with E-state index in [0.29, 0.717) is 22.7 Å². The largest absolute Gasteiger partial charge is 0.495 e. The summed E-state index contributed by atoms with van der Waals surface area (Å²) >= 11 is 0. The Morgan fingerprint density at radius 3 is 2.78 bits per heavy atom. The van der Waals surface area contributed by atoms with Crippen LogP contribution in [0.2, 0.25) is 0 Å². The van der Waals surface area contributed by atoms with E-state index in [9.17, 15) is 9.90 Å². The number of pyridine rings is 2. The lowest BCUT2D eigenvalue weighted by Crippen LogP contribution is -2.04. The minimum absolute atomic E-state index is 0.266. The van der Waals surface area contributed by atoms with Crippen molar-refractivity contribution in [2.75, 3.05) is 7.11 Å². The first kappa shape index (κ1) is 11.0. The van der Waals surface area contributed by atoms with E-state index in [4.69, 9.17) is 4.74 Å². The Hall–Kier alpha value is -2.17. The normalized spacial score (nSPS) is 14.7. The summed E-state index contributed by atoms with van der Waals surface area (Å²) in [6.45, 7) is 0. The van der Waals surface area contributed by atoms with Crippen LogP contribution in [0.15, 0.2) is 18.5 Å². The van der Waals surface area contributed by atoms with Crippen molar-refractivity contribution in [2.24, 2.45) is 0 Å². The molecule has 0 atom stereocenters. The van der Waals surface area contributed by atoms with E-state index >= 15 is 0 Å². The molecule has 18 heavy (non-hydrogen) atoms. The van der Waals surface area contributed by atoms with Gasteiger partial charge in [-0.2, -0.15) is 0 Å². The number of ether oxygens (including phenoxy) is 1. The van der Waals surface area contributed by atoms with Gasteiger partial charge in [0, 0.05) is 12.3 Å². The average molecular weight is 244 g/mol. The molecule has 0 aliphatic heterocycles. The van der Waals surface area contributed by atoms with E-state index in [1.807, 2.05) is 0 Å². The van der Waals surface area contributed by atoms with Crippen LogP contribution in [0.5, 0.6) is 5.75 Å². The highest BCUT2D eigenvalue weighted by Gasteiger charge is 2.31. The molecule has 0 unspecified atom stereocenters. The fourth-order valence-corrected chi connectivity index (χ4v) is 2.14. The molecule has 2 aromatic heterocycles. The lowest BCUT2D eigenvalue weighted by molar-refractivity contribution is 0.0695. The number of nitrogens with zero attached hydrogens (tertiary/aromatic N) is 2. The van der Waals surface area contributed by atoms with Gasteiger partial charge in [0.15, 0.2) is 0 Å². The number of rotatable bonds is 3. The number of hydrogen-bond acceptors (Lipinski definition) is 4. The lowest BCUT2D eigenvalue weighted by atomic mass is 10.0. The Morgan fingerprint density at radius 2 is 2.17 bits per heavy atom. The highest BCUT2D eigenvalue weighted by molar-refractivity contribution is 5.95. The number of aromatic nitrogens is 2. The molecule has 0 spiro atoms. The van der Waals surface area contributed by atoms with E-state index in [1.165, 1.54) is 6.20 Å². The van der Waals surface area contributed by atoms with Crippen LogP contribution in [-0.4, -0.2) is 28.2 Å². The third-order valence-electron chi connectivity index (χ3n) is 3.17. The smallest absolute Gasteiger partial charge is 0.337 e. The average Bonchev–Trinajstić information content (AvgIpc) is 3.20. The Morgan fingerprint density at radius 1 is 1.39 bits per heavy atom. The van der Waals surface area contributed by atoms with Gasteiger partial charge in [0.2, 0.25) is 0 Å². The molecule has 5 nitrogen and oxygen atoms in total. The molecule has 5 heteroatoms. The number of aromatic carboxylic acids is 1. The first-order chi connectivity index (χ1) is 8.70. The molecular formula is C13H12N2O3. The van der Waals surface area contributed by atoms with Gasteiger partial charge in [-0.3, -0.25) is 9.97 Å². The number of carbonyl (C=O) groups is 1. The number of carboxylic acid groups (broad SMARTS) is 1. The van der Waals surface area contributed by atoms with E-state index in [0.717, 1.165) is 18.4 Å². The van der Waals surface area contributed by atoms with Crippen LogP contribution in [0.4, 0.5) is 0 Å². The Labute approximate surface area is 103 Å². The molecule has 3 rings (SSSR count). The molecule has 2 heterocycles. The summed E-state index contributed by atoms with van der Waals surface area (Å²) in [5, 5.41) is 9.21. The van der Waals surface area contributed by atoms with Gasteiger partial charge in [0.25, 0.3) is 0 Å². The second-order valence-corrected chi connectivity index (χ2v) is 4.41. The maximum Gasteiger partial charge on any atom is 0.337 e. The minimum Gasteiger partial charge on any atom is -0.495 e. The molecule has 1 fully saturated rings. The fourth-order valence-electron chi connectivity index (χ4n) is 2.14. The van der Waals surface area contributed by atoms with Crippen molar-refractivity contribution in [3.8, 4) is 5.75 Å². The number of hydrogen-bond donors (Lipinski definition) is 1. The molecule has 0 amide bonds. The molecule has 1 saturated carbocycles. The second kappa shape index (κ2) is 3.94. The summed E-state index contributed by atoms with van der Waals surface area (Å²) in [6.07, 6.45) is 5.06. The van der Waals surface area contributed by atoms with Gasteiger partial charge < -0.3 is 9.84 Å². The van der Waals surface area contributed by atoms with E-state index in [1.54, 1.807) is 19.4 Å². The summed E-state index contributed by atoms with van der Waals surface area (Å²) in [5.74, 6) is -0.00812. The summed E-state index contributed by atoms with van der Waals surface area (Å²) < 4.78 is 5.10. The molecule has 1 N–H and O–H groups in total. The van der Waals surface area contributed by atoms with Crippen molar-refractivity contribution in [3.05, 3.63) is 29.6 Å². The van der Waals surface area contributed by atoms with Crippen LogP contribution >= 0.6 is 0 Å². The molecule has 0 saturated heterocycles. The van der Waals surface area contributed by atoms with Crippen LogP contribution in [0.3, 0.4) is 0 Å². The monoisotopic (exact) mass is 244 g/mol. The first-order valence-corrected chi connectivity index (χ1v) is 5.76. The Kier molecular flexibility index (Phi) is 2.40. The van der Waals surface area contributed by atoms with Gasteiger partial charge in [0.1, 0.15) is 5.75 Å². The van der Waals surface area contributed by atoms with Gasteiger partial charge in [-0.1, -0.05) is 0 Å². The van der Waals surface area contributed by atoms with Gasteiger partial charge in [-0.15, -0.1) is 0 Å². The Bertz CT molecular complexity index is 635. The fraction of sp³-hybridized carbons (Fsp3) is 0.308. The molecule has 0 radical (unpaired) electrons. The summed E-state index contributed by atoms with van der Waals surface area (Å²) in [6, 6.07) is 1.78. The minimum atomic E-state index is -0.941. The van der Waals surface area contributed by atoms with Gasteiger partial charge in [0.05, 0.1) is 29.9 Å². The van der Waals surface area contributed by atoms with Crippen molar-refractivity contribution in [3.63, 3.8) is 0 Å². The van der Waals surface area contributed by atoms with E-state index in [2.05, 4.69) is 9.97 Å². The van der Waals surface area contributed by atoms with Crippen LogP contribution < -0.4 is 4.74 Å². The zero-order valence-corrected chi connectivity index (χ0v) is 9.88. The predicted octanol–water partition coefficient (Wildman–Crippen LogP) is 2.21. The Balaban J connectivity index is 2.28. The molecule has 1 aliphatic rings. The standard InChI is InChI=1S/C13H12N2O3/c1-18-8-4-10-12(15-5-8)11(7-2-3-7)9(6-14-10)13(16)17/h4-7H,2-3H2,1H3,(H,16,17). The van der Waals surface area contributed by atoms with Crippen LogP contribution in [0.1, 0.15) is 34.7 Å². The third kappa shape index (κ3) is 1.68. The zero-order chi connectivity index (χ0) is 12.7. The molecule has 0 bridgehead atoms. The zero-order valence-electron chi connectivity index (χ0n) is 9.88. The lowest BCUT2D eigenvalue weighted by Gasteiger charge is -2.08. The summed E-state index contributed by atoms with van der Waals surface area (Å²) in [5.41, 5.74) is 2.44.